The van der Waals surface area contributed by atoms with Gasteiger partial charge in [0.15, 0.2) is 0 Å². The molecule has 0 fully saturated rings. The predicted octanol–water partition coefficient (Wildman–Crippen LogP) is 3.64. The van der Waals surface area contributed by atoms with Crippen LogP contribution in [0.25, 0.3) is 0 Å². The molecule has 0 rings (SSSR count). The van der Waals surface area contributed by atoms with E-state index in [1.165, 1.54) is 6.42 Å². The summed E-state index contributed by atoms with van der Waals surface area (Å²) in [4.78, 5) is 0. The van der Waals surface area contributed by atoms with E-state index in [9.17, 15) is 0 Å². The molecule has 0 aliphatic heterocycles. The van der Waals surface area contributed by atoms with E-state index in [0.717, 1.165) is 12.0 Å². The maximum absolute atomic E-state index is 5.26. The van der Waals surface area contributed by atoms with Crippen LogP contribution in [0.15, 0.2) is 12.2 Å². The van der Waals surface area contributed by atoms with Crippen LogP contribution in [-0.4, -0.2) is 0 Å². The van der Waals surface area contributed by atoms with Gasteiger partial charge < -0.3 is 0 Å². The Kier molecular flexibility index (Phi) is 4.10. The summed E-state index contributed by atoms with van der Waals surface area (Å²) in [7, 11) is 0. The summed E-state index contributed by atoms with van der Waals surface area (Å²) >= 11 is 0. The van der Waals surface area contributed by atoms with Gasteiger partial charge in [0.05, 0.1) is 0 Å². The minimum atomic E-state index is 0.375. The van der Waals surface area contributed by atoms with E-state index in [2.05, 4.69) is 40.2 Å². The van der Waals surface area contributed by atoms with Gasteiger partial charge in [0.1, 0.15) is 0 Å². The third-order valence-corrected chi connectivity index (χ3v) is 3.00. The molecule has 0 heterocycles. The highest BCUT2D eigenvalue weighted by Gasteiger charge is 2.23. The van der Waals surface area contributed by atoms with Crippen molar-refractivity contribution in [3.05, 3.63) is 12.2 Å². The summed E-state index contributed by atoms with van der Waals surface area (Å²) in [6, 6.07) is 0. The van der Waals surface area contributed by atoms with E-state index in [0.29, 0.717) is 11.3 Å². The Labute approximate surface area is 77.1 Å². The Hall–Kier alpha value is -0.700. The molecule has 0 bridgehead atoms. The zero-order valence-corrected chi connectivity index (χ0v) is 8.78. The fraction of sp³-hybridized carbons (Fsp3) is 0.667. The third-order valence-electron chi connectivity index (χ3n) is 3.00. The molecule has 0 amide bonds. The molecule has 0 aliphatic rings. The molecule has 0 nitrogen and oxygen atoms in total. The van der Waals surface area contributed by atoms with Gasteiger partial charge in [-0.15, -0.1) is 6.42 Å². The second kappa shape index (κ2) is 4.36. The van der Waals surface area contributed by atoms with E-state index in [-0.39, 0.29) is 0 Å². The van der Waals surface area contributed by atoms with Gasteiger partial charge in [-0.25, -0.2) is 0 Å². The standard InChI is InChI=1S/C12H20/c1-7-10(3)9-11(4)12(5,6)8-2/h1,11H,3,8-9H2,2,4-6H3. The smallest absolute Gasteiger partial charge is 0.00514 e. The second-order valence-electron chi connectivity index (χ2n) is 4.20. The molecular weight excluding hydrogens is 144 g/mol. The lowest BCUT2D eigenvalue weighted by molar-refractivity contribution is 0.221. The minimum Gasteiger partial charge on any atom is -0.115 e. The second-order valence-corrected chi connectivity index (χ2v) is 4.20. The van der Waals surface area contributed by atoms with Crippen LogP contribution in [-0.2, 0) is 0 Å². The van der Waals surface area contributed by atoms with Gasteiger partial charge in [0.25, 0.3) is 0 Å². The summed E-state index contributed by atoms with van der Waals surface area (Å²) in [6.07, 6.45) is 7.40. The van der Waals surface area contributed by atoms with E-state index in [4.69, 9.17) is 6.42 Å². The first-order valence-electron chi connectivity index (χ1n) is 4.58. The van der Waals surface area contributed by atoms with Crippen LogP contribution < -0.4 is 0 Å². The van der Waals surface area contributed by atoms with Crippen molar-refractivity contribution in [2.45, 2.75) is 40.5 Å². The Bertz CT molecular complexity index is 191. The number of rotatable bonds is 4. The van der Waals surface area contributed by atoms with Gasteiger partial charge >= 0.3 is 0 Å². The normalized spacial score (nSPS) is 13.6. The van der Waals surface area contributed by atoms with Gasteiger partial charge in [-0.1, -0.05) is 46.6 Å². The zero-order valence-electron chi connectivity index (χ0n) is 8.78. The number of hydrogen-bond acceptors (Lipinski definition) is 0. The first-order chi connectivity index (χ1) is 5.44. The van der Waals surface area contributed by atoms with Crippen LogP contribution in [0, 0.1) is 23.7 Å². The van der Waals surface area contributed by atoms with Crippen molar-refractivity contribution in [1.82, 2.24) is 0 Å². The molecule has 1 atom stereocenters. The Balaban J connectivity index is 4.14. The summed E-state index contributed by atoms with van der Waals surface area (Å²) < 4.78 is 0. The van der Waals surface area contributed by atoms with Crippen molar-refractivity contribution in [2.24, 2.45) is 11.3 Å². The molecule has 0 saturated heterocycles. The average molecular weight is 164 g/mol. The minimum absolute atomic E-state index is 0.375. The summed E-state index contributed by atoms with van der Waals surface area (Å²) in [5, 5.41) is 0. The highest BCUT2D eigenvalue weighted by Crippen LogP contribution is 2.33. The molecule has 0 aliphatic carbocycles. The molecule has 1 unspecified atom stereocenters. The maximum atomic E-state index is 5.26. The van der Waals surface area contributed by atoms with Gasteiger partial charge in [0, 0.05) is 0 Å². The third kappa shape index (κ3) is 3.13. The lowest BCUT2D eigenvalue weighted by Gasteiger charge is -2.30. The first-order valence-corrected chi connectivity index (χ1v) is 4.58. The van der Waals surface area contributed by atoms with Crippen LogP contribution in [0.1, 0.15) is 40.5 Å². The van der Waals surface area contributed by atoms with E-state index < -0.39 is 0 Å². The Morgan fingerprint density at radius 2 is 2.08 bits per heavy atom. The molecule has 0 aromatic rings. The molecule has 0 aromatic carbocycles. The predicted molar refractivity (Wildman–Crippen MR) is 55.8 cm³/mol. The molecule has 0 heteroatoms. The van der Waals surface area contributed by atoms with Crippen molar-refractivity contribution in [3.63, 3.8) is 0 Å². The van der Waals surface area contributed by atoms with Gasteiger partial charge in [0.2, 0.25) is 0 Å². The molecule has 0 aromatic heterocycles. The quantitative estimate of drug-likeness (QED) is 0.556. The SMILES string of the molecule is C#CC(=C)CC(C)C(C)(C)CC. The lowest BCUT2D eigenvalue weighted by atomic mass is 9.75. The van der Waals surface area contributed by atoms with Crippen molar-refractivity contribution < 1.29 is 0 Å². The van der Waals surface area contributed by atoms with E-state index in [1.54, 1.807) is 0 Å². The average Bonchev–Trinajstić information content (AvgIpc) is 2.04. The summed E-state index contributed by atoms with van der Waals surface area (Å²) in [5.41, 5.74) is 1.30. The number of terminal acetylenes is 1. The molecule has 0 spiro atoms. The van der Waals surface area contributed by atoms with Crippen LogP contribution in [0.3, 0.4) is 0 Å². The number of allylic oxidation sites excluding steroid dienone is 1. The maximum Gasteiger partial charge on any atom is -0.00514 e. The number of hydrogen-bond donors (Lipinski definition) is 0. The molecule has 0 N–H and O–H groups in total. The van der Waals surface area contributed by atoms with Crippen LogP contribution in [0.2, 0.25) is 0 Å². The highest BCUT2D eigenvalue weighted by atomic mass is 14.3. The van der Waals surface area contributed by atoms with Crippen LogP contribution >= 0.6 is 0 Å². The van der Waals surface area contributed by atoms with Crippen molar-refractivity contribution in [2.75, 3.05) is 0 Å². The molecule has 68 valence electrons. The zero-order chi connectivity index (χ0) is 9.78. The van der Waals surface area contributed by atoms with Crippen molar-refractivity contribution in [3.8, 4) is 12.3 Å². The highest BCUT2D eigenvalue weighted by molar-refractivity contribution is 5.21. The van der Waals surface area contributed by atoms with Crippen LogP contribution in [0.5, 0.6) is 0 Å². The molecular formula is C12H20. The molecule has 12 heavy (non-hydrogen) atoms. The van der Waals surface area contributed by atoms with Crippen LogP contribution in [0.4, 0.5) is 0 Å². The van der Waals surface area contributed by atoms with E-state index in [1.807, 2.05) is 0 Å². The fourth-order valence-corrected chi connectivity index (χ4v) is 1.05. The van der Waals surface area contributed by atoms with Gasteiger partial charge in [-0.05, 0) is 23.3 Å². The fourth-order valence-electron chi connectivity index (χ4n) is 1.05. The molecule has 0 saturated carbocycles. The Morgan fingerprint density at radius 3 is 2.42 bits per heavy atom. The largest absolute Gasteiger partial charge is 0.115 e. The Morgan fingerprint density at radius 1 is 1.58 bits per heavy atom. The summed E-state index contributed by atoms with van der Waals surface area (Å²) in [5.74, 6) is 3.21. The van der Waals surface area contributed by atoms with Crippen molar-refractivity contribution in [1.29, 1.82) is 0 Å². The monoisotopic (exact) mass is 164 g/mol. The van der Waals surface area contributed by atoms with Crippen molar-refractivity contribution >= 4 is 0 Å². The van der Waals surface area contributed by atoms with Gasteiger partial charge in [-0.2, -0.15) is 0 Å². The van der Waals surface area contributed by atoms with E-state index >= 15 is 0 Å². The lowest BCUT2D eigenvalue weighted by Crippen LogP contribution is -2.20. The first kappa shape index (κ1) is 11.3. The van der Waals surface area contributed by atoms with Gasteiger partial charge in [-0.3, -0.25) is 0 Å². The topological polar surface area (TPSA) is 0 Å². The summed E-state index contributed by atoms with van der Waals surface area (Å²) in [6.45, 7) is 12.8. The molecule has 0 radical (unpaired) electrons.